The van der Waals surface area contributed by atoms with Crippen molar-refractivity contribution in [2.75, 3.05) is 7.05 Å². The molecule has 0 amide bonds. The Morgan fingerprint density at radius 2 is 2.18 bits per heavy atom. The van der Waals surface area contributed by atoms with Gasteiger partial charge in [0.15, 0.2) is 0 Å². The standard InChI is InChI=1S/C9H12N2/c1-4-8-9(10-3)6-5-7(2)11-8/h4-6H,1-3H3/b8-4+,10-9-. The first-order chi connectivity index (χ1) is 5.27. The van der Waals surface area contributed by atoms with Crippen LogP contribution in [0.5, 0.6) is 0 Å². The minimum atomic E-state index is 0.957. The number of aliphatic imine (C=N–C) groups is 2. The molecule has 0 saturated heterocycles. The van der Waals surface area contributed by atoms with Gasteiger partial charge in [-0.3, -0.25) is 9.98 Å². The third-order valence-corrected chi connectivity index (χ3v) is 1.56. The lowest BCUT2D eigenvalue weighted by molar-refractivity contribution is 1.35. The van der Waals surface area contributed by atoms with Crippen LogP contribution >= 0.6 is 0 Å². The molecule has 2 nitrogen and oxygen atoms in total. The van der Waals surface area contributed by atoms with E-state index in [1.54, 1.807) is 7.05 Å². The van der Waals surface area contributed by atoms with Crippen LogP contribution < -0.4 is 0 Å². The van der Waals surface area contributed by atoms with Crippen LogP contribution in [-0.2, 0) is 0 Å². The largest absolute Gasteiger partial charge is 0.286 e. The van der Waals surface area contributed by atoms with E-state index in [-0.39, 0.29) is 0 Å². The third-order valence-electron chi connectivity index (χ3n) is 1.56. The van der Waals surface area contributed by atoms with Gasteiger partial charge < -0.3 is 0 Å². The molecule has 0 aromatic heterocycles. The van der Waals surface area contributed by atoms with Crippen molar-refractivity contribution < 1.29 is 0 Å². The second kappa shape index (κ2) is 3.28. The number of hydrogen-bond acceptors (Lipinski definition) is 2. The Hall–Kier alpha value is -1.18. The molecule has 1 rings (SSSR count). The minimum absolute atomic E-state index is 0.957. The summed E-state index contributed by atoms with van der Waals surface area (Å²) in [5.74, 6) is 0. The second-order valence-electron chi connectivity index (χ2n) is 2.37. The highest BCUT2D eigenvalue weighted by Crippen LogP contribution is 2.08. The number of rotatable bonds is 0. The molecule has 58 valence electrons. The fourth-order valence-electron chi connectivity index (χ4n) is 0.971. The highest BCUT2D eigenvalue weighted by Gasteiger charge is 2.04. The van der Waals surface area contributed by atoms with Gasteiger partial charge in [-0.1, -0.05) is 6.08 Å². The van der Waals surface area contributed by atoms with E-state index in [9.17, 15) is 0 Å². The zero-order chi connectivity index (χ0) is 8.27. The fraction of sp³-hybridized carbons (Fsp3) is 0.333. The number of allylic oxidation sites excluding steroid dienone is 3. The summed E-state index contributed by atoms with van der Waals surface area (Å²) in [6.07, 6.45) is 5.92. The third kappa shape index (κ3) is 1.64. The summed E-state index contributed by atoms with van der Waals surface area (Å²) >= 11 is 0. The Morgan fingerprint density at radius 1 is 1.45 bits per heavy atom. The van der Waals surface area contributed by atoms with Crippen molar-refractivity contribution in [1.29, 1.82) is 0 Å². The lowest BCUT2D eigenvalue weighted by Gasteiger charge is -2.06. The normalized spacial score (nSPS) is 24.5. The van der Waals surface area contributed by atoms with E-state index < -0.39 is 0 Å². The van der Waals surface area contributed by atoms with E-state index in [1.807, 2.05) is 32.1 Å². The number of nitrogens with zero attached hydrogens (tertiary/aromatic N) is 2. The lowest BCUT2D eigenvalue weighted by Crippen LogP contribution is -2.04. The molecule has 0 fully saturated rings. The lowest BCUT2D eigenvalue weighted by atomic mass is 10.1. The molecular weight excluding hydrogens is 136 g/mol. The average Bonchev–Trinajstić information content (AvgIpc) is 2.04. The summed E-state index contributed by atoms with van der Waals surface area (Å²) in [5, 5.41) is 0. The van der Waals surface area contributed by atoms with Crippen LogP contribution in [0.4, 0.5) is 0 Å². The smallest absolute Gasteiger partial charge is 0.0842 e. The molecule has 0 spiro atoms. The van der Waals surface area contributed by atoms with Gasteiger partial charge in [-0.2, -0.15) is 0 Å². The first-order valence-corrected chi connectivity index (χ1v) is 3.64. The zero-order valence-corrected chi connectivity index (χ0v) is 7.13. The summed E-state index contributed by atoms with van der Waals surface area (Å²) in [6, 6.07) is 0. The predicted octanol–water partition coefficient (Wildman–Crippen LogP) is 1.99. The first kappa shape index (κ1) is 7.92. The average molecular weight is 148 g/mol. The zero-order valence-electron chi connectivity index (χ0n) is 7.13. The summed E-state index contributed by atoms with van der Waals surface area (Å²) < 4.78 is 0. The topological polar surface area (TPSA) is 24.7 Å². The van der Waals surface area contributed by atoms with Crippen LogP contribution in [0.2, 0.25) is 0 Å². The summed E-state index contributed by atoms with van der Waals surface area (Å²) in [7, 11) is 1.78. The van der Waals surface area contributed by atoms with Gasteiger partial charge in [0.25, 0.3) is 0 Å². The van der Waals surface area contributed by atoms with Crippen molar-refractivity contribution in [2.45, 2.75) is 13.8 Å². The van der Waals surface area contributed by atoms with Gasteiger partial charge in [0.1, 0.15) is 0 Å². The molecule has 0 N–H and O–H groups in total. The monoisotopic (exact) mass is 148 g/mol. The Bertz CT molecular complexity index is 267. The van der Waals surface area contributed by atoms with Crippen molar-refractivity contribution in [3.63, 3.8) is 0 Å². The molecule has 0 bridgehead atoms. The molecule has 0 aromatic carbocycles. The van der Waals surface area contributed by atoms with E-state index in [2.05, 4.69) is 9.98 Å². The molecule has 0 radical (unpaired) electrons. The maximum absolute atomic E-state index is 4.31. The first-order valence-electron chi connectivity index (χ1n) is 3.64. The van der Waals surface area contributed by atoms with Crippen molar-refractivity contribution in [1.82, 2.24) is 0 Å². The summed E-state index contributed by atoms with van der Waals surface area (Å²) in [4.78, 5) is 8.40. The maximum atomic E-state index is 4.31. The molecule has 1 aliphatic heterocycles. The molecule has 11 heavy (non-hydrogen) atoms. The second-order valence-corrected chi connectivity index (χ2v) is 2.37. The van der Waals surface area contributed by atoms with E-state index in [4.69, 9.17) is 0 Å². The molecule has 0 aliphatic carbocycles. The fourth-order valence-corrected chi connectivity index (χ4v) is 0.971. The van der Waals surface area contributed by atoms with Crippen LogP contribution in [0.15, 0.2) is 33.9 Å². The predicted molar refractivity (Wildman–Crippen MR) is 49.4 cm³/mol. The van der Waals surface area contributed by atoms with E-state index in [1.165, 1.54) is 0 Å². The number of hydrogen-bond donors (Lipinski definition) is 0. The van der Waals surface area contributed by atoms with Crippen LogP contribution in [0, 0.1) is 0 Å². The minimum Gasteiger partial charge on any atom is -0.286 e. The maximum Gasteiger partial charge on any atom is 0.0842 e. The SMILES string of the molecule is C/C=C1/N=C(C)C=C/C1=N/C. The van der Waals surface area contributed by atoms with Gasteiger partial charge in [0.05, 0.1) is 11.4 Å². The molecule has 0 unspecified atom stereocenters. The highest BCUT2D eigenvalue weighted by atomic mass is 14.8. The highest BCUT2D eigenvalue weighted by molar-refractivity contribution is 6.15. The van der Waals surface area contributed by atoms with Crippen molar-refractivity contribution >= 4 is 11.4 Å². The quantitative estimate of drug-likeness (QED) is 0.502. The molecule has 2 heteroatoms. The van der Waals surface area contributed by atoms with Gasteiger partial charge in [0, 0.05) is 12.8 Å². The molecule has 0 saturated carbocycles. The van der Waals surface area contributed by atoms with E-state index >= 15 is 0 Å². The Morgan fingerprint density at radius 3 is 2.73 bits per heavy atom. The summed E-state index contributed by atoms with van der Waals surface area (Å²) in [6.45, 7) is 3.95. The van der Waals surface area contributed by atoms with Gasteiger partial charge in [-0.05, 0) is 26.0 Å². The van der Waals surface area contributed by atoms with Crippen molar-refractivity contribution in [3.8, 4) is 0 Å². The van der Waals surface area contributed by atoms with Crippen LogP contribution in [0.25, 0.3) is 0 Å². The number of dihydropyridines is 1. The molecule has 0 aromatic rings. The van der Waals surface area contributed by atoms with Gasteiger partial charge in [-0.15, -0.1) is 0 Å². The van der Waals surface area contributed by atoms with E-state index in [0.29, 0.717) is 0 Å². The summed E-state index contributed by atoms with van der Waals surface area (Å²) in [5.41, 5.74) is 2.95. The van der Waals surface area contributed by atoms with Crippen LogP contribution in [0.1, 0.15) is 13.8 Å². The van der Waals surface area contributed by atoms with Crippen LogP contribution in [-0.4, -0.2) is 18.5 Å². The molecule has 1 heterocycles. The van der Waals surface area contributed by atoms with E-state index in [0.717, 1.165) is 17.1 Å². The Balaban J connectivity index is 3.03. The molecule has 1 aliphatic rings. The van der Waals surface area contributed by atoms with Crippen LogP contribution in [0.3, 0.4) is 0 Å². The van der Waals surface area contributed by atoms with Gasteiger partial charge in [0.2, 0.25) is 0 Å². The van der Waals surface area contributed by atoms with Gasteiger partial charge >= 0.3 is 0 Å². The Kier molecular flexibility index (Phi) is 2.36. The van der Waals surface area contributed by atoms with Crippen molar-refractivity contribution in [3.05, 3.63) is 23.9 Å². The molecule has 0 atom stereocenters. The van der Waals surface area contributed by atoms with Crippen molar-refractivity contribution in [2.24, 2.45) is 9.98 Å². The van der Waals surface area contributed by atoms with Gasteiger partial charge in [-0.25, -0.2) is 0 Å². The Labute approximate surface area is 67.1 Å². The molecular formula is C9H12N2.